The second-order valence-corrected chi connectivity index (χ2v) is 6.73. The van der Waals surface area contributed by atoms with E-state index in [4.69, 9.17) is 5.73 Å². The Labute approximate surface area is 154 Å². The lowest BCUT2D eigenvalue weighted by molar-refractivity contribution is -0.127. The van der Waals surface area contributed by atoms with Gasteiger partial charge < -0.3 is 15.6 Å². The number of nitrogens with zero attached hydrogens (tertiary/aromatic N) is 1. The zero-order valence-corrected chi connectivity index (χ0v) is 14.8. The minimum Gasteiger partial charge on any atom is -0.366 e. The van der Waals surface area contributed by atoms with E-state index in [2.05, 4.69) is 11.6 Å². The summed E-state index contributed by atoms with van der Waals surface area (Å²) in [4.78, 5) is 27.9. The topological polar surface area (TPSA) is 79.2 Å². The van der Waals surface area contributed by atoms with Crippen molar-refractivity contribution in [3.63, 3.8) is 0 Å². The number of rotatable bonds is 4. The Hall–Kier alpha value is -2.77. The maximum Gasteiger partial charge on any atom is 0.266 e. The molecule has 1 atom stereocenters. The SMILES string of the molecule is C=CC(=O)N1CCCC(c2c(F)cc(C(N)=O)c3[nH]c(C)c(C(F)F)c23)C1. The summed E-state index contributed by atoms with van der Waals surface area (Å²) < 4.78 is 42.4. The van der Waals surface area contributed by atoms with Crippen molar-refractivity contribution in [3.8, 4) is 0 Å². The average Bonchev–Trinajstić information content (AvgIpc) is 2.96. The zero-order chi connectivity index (χ0) is 19.9. The van der Waals surface area contributed by atoms with Crippen molar-refractivity contribution in [1.82, 2.24) is 9.88 Å². The van der Waals surface area contributed by atoms with E-state index in [0.29, 0.717) is 19.4 Å². The van der Waals surface area contributed by atoms with Crippen LogP contribution in [0.4, 0.5) is 13.2 Å². The van der Waals surface area contributed by atoms with Gasteiger partial charge in [-0.1, -0.05) is 6.58 Å². The molecule has 2 amide bonds. The summed E-state index contributed by atoms with van der Waals surface area (Å²) in [6.07, 6.45) is -0.531. The van der Waals surface area contributed by atoms with Gasteiger partial charge in [0.05, 0.1) is 11.1 Å². The molecule has 0 radical (unpaired) electrons. The van der Waals surface area contributed by atoms with E-state index in [0.717, 1.165) is 6.07 Å². The summed E-state index contributed by atoms with van der Waals surface area (Å²) in [5.41, 5.74) is 5.17. The number of nitrogens with one attached hydrogen (secondary N) is 1. The van der Waals surface area contributed by atoms with Gasteiger partial charge in [0.15, 0.2) is 0 Å². The van der Waals surface area contributed by atoms with Gasteiger partial charge in [0, 0.05) is 41.2 Å². The fourth-order valence-electron chi connectivity index (χ4n) is 3.93. The van der Waals surface area contributed by atoms with E-state index >= 15 is 0 Å². The third-order valence-corrected chi connectivity index (χ3v) is 5.10. The molecule has 0 saturated carbocycles. The van der Waals surface area contributed by atoms with Crippen LogP contribution in [0.3, 0.4) is 0 Å². The largest absolute Gasteiger partial charge is 0.366 e. The number of alkyl halides is 2. The number of carbonyl (C=O) groups is 2. The number of hydrogen-bond donors (Lipinski definition) is 2. The predicted molar refractivity (Wildman–Crippen MR) is 95.2 cm³/mol. The monoisotopic (exact) mass is 379 g/mol. The number of primary amides is 1. The first kappa shape index (κ1) is 19.0. The lowest BCUT2D eigenvalue weighted by Crippen LogP contribution is -2.38. The molecule has 2 heterocycles. The van der Waals surface area contributed by atoms with Gasteiger partial charge in [-0.2, -0.15) is 0 Å². The van der Waals surface area contributed by atoms with Gasteiger partial charge in [-0.25, -0.2) is 13.2 Å². The lowest BCUT2D eigenvalue weighted by Gasteiger charge is -2.33. The summed E-state index contributed by atoms with van der Waals surface area (Å²) in [5.74, 6) is -2.43. The Balaban J connectivity index is 2.24. The Morgan fingerprint density at radius 1 is 1.44 bits per heavy atom. The van der Waals surface area contributed by atoms with E-state index in [1.54, 1.807) is 0 Å². The molecule has 0 bridgehead atoms. The molecule has 0 aliphatic carbocycles. The second kappa shape index (κ2) is 7.09. The summed E-state index contributed by atoms with van der Waals surface area (Å²) in [6.45, 7) is 5.59. The van der Waals surface area contributed by atoms with Crippen molar-refractivity contribution in [2.24, 2.45) is 5.73 Å². The van der Waals surface area contributed by atoms with Crippen molar-refractivity contribution in [2.45, 2.75) is 32.1 Å². The van der Waals surface area contributed by atoms with E-state index in [9.17, 15) is 22.8 Å². The molecule has 144 valence electrons. The molecule has 8 heteroatoms. The maximum absolute atomic E-state index is 15.0. The average molecular weight is 379 g/mol. The van der Waals surface area contributed by atoms with E-state index in [-0.39, 0.29) is 45.7 Å². The first-order valence-corrected chi connectivity index (χ1v) is 8.60. The van der Waals surface area contributed by atoms with Crippen LogP contribution < -0.4 is 5.73 Å². The molecule has 1 aliphatic heterocycles. The fourth-order valence-corrected chi connectivity index (χ4v) is 3.93. The molecule has 2 aromatic rings. The van der Waals surface area contributed by atoms with Gasteiger partial charge >= 0.3 is 0 Å². The van der Waals surface area contributed by atoms with Crippen molar-refractivity contribution < 1.29 is 22.8 Å². The third-order valence-electron chi connectivity index (χ3n) is 5.10. The number of fused-ring (bicyclic) bond motifs is 1. The highest BCUT2D eigenvalue weighted by atomic mass is 19.3. The molecule has 1 aliphatic rings. The number of hydrogen-bond acceptors (Lipinski definition) is 2. The summed E-state index contributed by atoms with van der Waals surface area (Å²) >= 11 is 0. The normalized spacial score (nSPS) is 17.5. The van der Waals surface area contributed by atoms with Crippen LogP contribution in [-0.2, 0) is 4.79 Å². The number of amides is 2. The van der Waals surface area contributed by atoms with Crippen LogP contribution in [0.25, 0.3) is 10.9 Å². The number of aryl methyl sites for hydroxylation is 1. The van der Waals surface area contributed by atoms with Crippen LogP contribution in [0, 0.1) is 12.7 Å². The summed E-state index contributed by atoms with van der Waals surface area (Å²) in [6, 6.07) is 0.986. The zero-order valence-electron chi connectivity index (χ0n) is 14.8. The quantitative estimate of drug-likeness (QED) is 0.797. The van der Waals surface area contributed by atoms with Crippen molar-refractivity contribution >= 4 is 22.7 Å². The van der Waals surface area contributed by atoms with Gasteiger partial charge in [0.2, 0.25) is 5.91 Å². The van der Waals surface area contributed by atoms with Gasteiger partial charge in [-0.15, -0.1) is 0 Å². The molecule has 1 aromatic carbocycles. The number of H-pyrrole nitrogens is 1. The molecular weight excluding hydrogens is 359 g/mol. The summed E-state index contributed by atoms with van der Waals surface area (Å²) in [7, 11) is 0. The number of nitrogens with two attached hydrogens (primary N) is 1. The van der Waals surface area contributed by atoms with Crippen LogP contribution in [0.2, 0.25) is 0 Å². The molecule has 1 aromatic heterocycles. The smallest absolute Gasteiger partial charge is 0.266 e. The standard InChI is InChI=1S/C19H20F3N3O2/c1-3-13(26)25-6-4-5-10(8-25)15-12(20)7-11(19(23)27)17-16(15)14(18(21)22)9(2)24-17/h3,7,10,18,24H,1,4-6,8H2,2H3,(H2,23,27). The number of carbonyl (C=O) groups excluding carboxylic acids is 2. The molecular formula is C19H20F3N3O2. The molecule has 3 N–H and O–H groups in total. The van der Waals surface area contributed by atoms with Crippen LogP contribution in [0.5, 0.6) is 0 Å². The van der Waals surface area contributed by atoms with Crippen molar-refractivity contribution in [2.75, 3.05) is 13.1 Å². The highest BCUT2D eigenvalue weighted by molar-refractivity contribution is 6.07. The number of piperidine rings is 1. The first-order valence-electron chi connectivity index (χ1n) is 8.60. The molecule has 1 fully saturated rings. The van der Waals surface area contributed by atoms with E-state index in [1.807, 2.05) is 0 Å². The Bertz CT molecular complexity index is 936. The molecule has 1 unspecified atom stereocenters. The molecule has 3 rings (SSSR count). The molecule has 27 heavy (non-hydrogen) atoms. The van der Waals surface area contributed by atoms with Gasteiger partial charge in [-0.3, -0.25) is 9.59 Å². The number of aromatic amines is 1. The van der Waals surface area contributed by atoms with Gasteiger partial charge in [-0.05, 0) is 31.9 Å². The predicted octanol–water partition coefficient (Wildman–Crippen LogP) is 3.54. The number of aromatic nitrogens is 1. The van der Waals surface area contributed by atoms with Crippen LogP contribution >= 0.6 is 0 Å². The minimum atomic E-state index is -2.85. The van der Waals surface area contributed by atoms with Crippen LogP contribution in [-0.4, -0.2) is 34.8 Å². The van der Waals surface area contributed by atoms with E-state index in [1.165, 1.54) is 17.9 Å². The minimum absolute atomic E-state index is 0.00537. The number of likely N-dealkylation sites (tertiary alicyclic amines) is 1. The second-order valence-electron chi connectivity index (χ2n) is 6.73. The first-order chi connectivity index (χ1) is 12.8. The Morgan fingerprint density at radius 2 is 2.15 bits per heavy atom. The lowest BCUT2D eigenvalue weighted by atomic mass is 9.86. The van der Waals surface area contributed by atoms with Crippen molar-refractivity contribution in [3.05, 3.63) is 46.9 Å². The van der Waals surface area contributed by atoms with Gasteiger partial charge in [0.1, 0.15) is 5.82 Å². The van der Waals surface area contributed by atoms with Crippen molar-refractivity contribution in [1.29, 1.82) is 0 Å². The fraction of sp³-hybridized carbons (Fsp3) is 0.368. The highest BCUT2D eigenvalue weighted by Crippen LogP contribution is 2.41. The molecule has 5 nitrogen and oxygen atoms in total. The van der Waals surface area contributed by atoms with Crippen LogP contribution in [0.1, 0.15) is 52.4 Å². The number of benzene rings is 1. The Morgan fingerprint density at radius 3 is 2.74 bits per heavy atom. The maximum atomic E-state index is 15.0. The molecule has 0 spiro atoms. The van der Waals surface area contributed by atoms with E-state index < -0.39 is 24.1 Å². The third kappa shape index (κ3) is 3.20. The summed E-state index contributed by atoms with van der Waals surface area (Å²) in [5, 5.41) is -0.00537. The van der Waals surface area contributed by atoms with Gasteiger partial charge in [0.25, 0.3) is 12.3 Å². The van der Waals surface area contributed by atoms with Crippen LogP contribution in [0.15, 0.2) is 18.7 Å². The number of halogens is 3. The molecule has 1 saturated heterocycles. The highest BCUT2D eigenvalue weighted by Gasteiger charge is 2.32. The Kier molecular flexibility index (Phi) is 4.99.